The molecule has 0 spiro atoms. The molecule has 0 amide bonds. The van der Waals surface area contributed by atoms with Gasteiger partial charge in [-0.1, -0.05) is 20.4 Å². The lowest BCUT2D eigenvalue weighted by Gasteiger charge is -2.02. The minimum Gasteiger partial charge on any atom is -0.461 e. The molecule has 0 atom stereocenters. The molecule has 0 rings (SSSR count). The molecule has 0 heterocycles. The van der Waals surface area contributed by atoms with E-state index in [1.807, 2.05) is 0 Å². The molecule has 0 aliphatic rings. The van der Waals surface area contributed by atoms with Crippen LogP contribution in [0.3, 0.4) is 0 Å². The van der Waals surface area contributed by atoms with Crippen LogP contribution in [0.5, 0.6) is 0 Å². The Morgan fingerprint density at radius 2 is 2.33 bits per heavy atom. The van der Waals surface area contributed by atoms with Crippen LogP contribution in [0, 0.1) is 12.5 Å². The van der Waals surface area contributed by atoms with Crippen LogP contribution in [0.2, 0.25) is 0 Å². The van der Waals surface area contributed by atoms with Gasteiger partial charge in [0.2, 0.25) is 0 Å². The molecule has 0 fully saturated rings. The summed E-state index contributed by atoms with van der Waals surface area (Å²) in [6, 6.07) is 0. The summed E-state index contributed by atoms with van der Waals surface area (Å²) in [6.07, 6.45) is 1.31. The molecule has 0 saturated heterocycles. The molecular weight excluding hydrogens is 116 g/mol. The topological polar surface area (TPSA) is 26.3 Å². The SMILES string of the molecule is [CH]=CCOC(=O)C(C)C. The summed E-state index contributed by atoms with van der Waals surface area (Å²) in [7, 11) is 0. The first-order valence-electron chi connectivity index (χ1n) is 2.88. The van der Waals surface area contributed by atoms with Gasteiger partial charge < -0.3 is 4.74 Å². The van der Waals surface area contributed by atoms with Crippen LogP contribution in [0.15, 0.2) is 6.08 Å². The van der Waals surface area contributed by atoms with Crippen molar-refractivity contribution in [3.05, 3.63) is 12.7 Å². The Hall–Kier alpha value is -0.790. The molecule has 0 unspecified atom stereocenters. The van der Waals surface area contributed by atoms with E-state index in [2.05, 4.69) is 4.74 Å². The van der Waals surface area contributed by atoms with E-state index in [0.29, 0.717) is 0 Å². The molecule has 0 aliphatic heterocycles. The Kier molecular flexibility index (Phi) is 3.76. The fraction of sp³-hybridized carbons (Fsp3) is 0.571. The van der Waals surface area contributed by atoms with Crippen molar-refractivity contribution in [3.63, 3.8) is 0 Å². The maximum Gasteiger partial charge on any atom is 0.308 e. The van der Waals surface area contributed by atoms with Gasteiger partial charge in [0.25, 0.3) is 0 Å². The summed E-state index contributed by atoms with van der Waals surface area (Å²) >= 11 is 0. The molecular formula is C7H11O2. The van der Waals surface area contributed by atoms with Gasteiger partial charge >= 0.3 is 5.97 Å². The van der Waals surface area contributed by atoms with E-state index in [1.54, 1.807) is 13.8 Å². The van der Waals surface area contributed by atoms with Crippen molar-refractivity contribution in [2.24, 2.45) is 5.92 Å². The molecule has 0 aromatic rings. The van der Waals surface area contributed by atoms with Gasteiger partial charge in [0.15, 0.2) is 0 Å². The standard InChI is InChI=1S/C7H11O2/c1-4-5-9-7(8)6(2)3/h1,4,6H,5H2,2-3H3. The maximum absolute atomic E-state index is 10.6. The van der Waals surface area contributed by atoms with E-state index in [1.165, 1.54) is 6.08 Å². The van der Waals surface area contributed by atoms with E-state index >= 15 is 0 Å². The summed E-state index contributed by atoms with van der Waals surface area (Å²) in [5.41, 5.74) is 0. The third-order valence-corrected chi connectivity index (χ3v) is 0.793. The second-order valence-corrected chi connectivity index (χ2v) is 2.02. The number of hydrogen-bond acceptors (Lipinski definition) is 2. The molecule has 1 radical (unpaired) electrons. The molecule has 0 saturated carbocycles. The normalized spacial score (nSPS) is 9.22. The third kappa shape index (κ3) is 3.76. The number of rotatable bonds is 3. The Morgan fingerprint density at radius 1 is 1.78 bits per heavy atom. The highest BCUT2D eigenvalue weighted by molar-refractivity contribution is 5.71. The van der Waals surface area contributed by atoms with Crippen molar-refractivity contribution in [2.45, 2.75) is 13.8 Å². The first kappa shape index (κ1) is 8.21. The molecule has 0 bridgehead atoms. The number of carbonyl (C=O) groups excluding carboxylic acids is 1. The van der Waals surface area contributed by atoms with Crippen LogP contribution in [-0.2, 0) is 9.53 Å². The Balaban J connectivity index is 3.38. The number of hydrogen-bond donors (Lipinski definition) is 0. The van der Waals surface area contributed by atoms with Crippen molar-refractivity contribution in [3.8, 4) is 0 Å². The van der Waals surface area contributed by atoms with Gasteiger partial charge in [0.1, 0.15) is 6.61 Å². The lowest BCUT2D eigenvalue weighted by molar-refractivity contribution is -0.146. The first-order chi connectivity index (χ1) is 4.18. The van der Waals surface area contributed by atoms with Crippen LogP contribution in [0.1, 0.15) is 13.8 Å². The lowest BCUT2D eigenvalue weighted by Crippen LogP contribution is -2.11. The summed E-state index contributed by atoms with van der Waals surface area (Å²) in [5, 5.41) is 0. The van der Waals surface area contributed by atoms with Gasteiger partial charge in [0, 0.05) is 0 Å². The summed E-state index contributed by atoms with van der Waals surface area (Å²) in [4.78, 5) is 10.6. The monoisotopic (exact) mass is 127 g/mol. The van der Waals surface area contributed by atoms with Gasteiger partial charge in [-0.3, -0.25) is 4.79 Å². The van der Waals surface area contributed by atoms with Gasteiger partial charge in [-0.2, -0.15) is 0 Å². The van der Waals surface area contributed by atoms with Crippen molar-refractivity contribution >= 4 is 5.97 Å². The van der Waals surface area contributed by atoms with Crippen LogP contribution in [0.4, 0.5) is 0 Å². The summed E-state index contributed by atoms with van der Waals surface area (Å²) < 4.78 is 4.63. The molecule has 2 nitrogen and oxygen atoms in total. The van der Waals surface area contributed by atoms with Crippen LogP contribution >= 0.6 is 0 Å². The van der Waals surface area contributed by atoms with Crippen molar-refractivity contribution < 1.29 is 9.53 Å². The van der Waals surface area contributed by atoms with Gasteiger partial charge in [-0.05, 0) is 6.08 Å². The Bertz CT molecular complexity index is 105. The van der Waals surface area contributed by atoms with E-state index < -0.39 is 0 Å². The van der Waals surface area contributed by atoms with Crippen LogP contribution in [0.25, 0.3) is 0 Å². The Morgan fingerprint density at radius 3 is 2.67 bits per heavy atom. The second-order valence-electron chi connectivity index (χ2n) is 2.02. The highest BCUT2D eigenvalue weighted by atomic mass is 16.5. The number of esters is 1. The largest absolute Gasteiger partial charge is 0.461 e. The van der Waals surface area contributed by atoms with Gasteiger partial charge in [0.05, 0.1) is 5.92 Å². The van der Waals surface area contributed by atoms with Crippen LogP contribution < -0.4 is 0 Å². The molecule has 0 N–H and O–H groups in total. The average Bonchev–Trinajstić information content (AvgIpc) is 1.82. The van der Waals surface area contributed by atoms with E-state index in [-0.39, 0.29) is 18.5 Å². The molecule has 0 aromatic carbocycles. The maximum atomic E-state index is 10.6. The minimum atomic E-state index is -0.211. The second kappa shape index (κ2) is 4.13. The molecule has 0 aromatic heterocycles. The summed E-state index contributed by atoms with van der Waals surface area (Å²) in [5.74, 6) is -0.276. The van der Waals surface area contributed by atoms with E-state index in [9.17, 15) is 4.79 Å². The van der Waals surface area contributed by atoms with Gasteiger partial charge in [-0.25, -0.2) is 0 Å². The highest BCUT2D eigenvalue weighted by Gasteiger charge is 2.05. The molecule has 2 heteroatoms. The van der Waals surface area contributed by atoms with Gasteiger partial charge in [-0.15, -0.1) is 0 Å². The highest BCUT2D eigenvalue weighted by Crippen LogP contribution is 1.94. The number of ether oxygens (including phenoxy) is 1. The predicted molar refractivity (Wildman–Crippen MR) is 34.7 cm³/mol. The third-order valence-electron chi connectivity index (χ3n) is 0.793. The average molecular weight is 127 g/mol. The van der Waals surface area contributed by atoms with Crippen molar-refractivity contribution in [1.82, 2.24) is 0 Å². The summed E-state index contributed by atoms with van der Waals surface area (Å²) in [6.45, 7) is 8.73. The van der Waals surface area contributed by atoms with Crippen molar-refractivity contribution in [1.29, 1.82) is 0 Å². The van der Waals surface area contributed by atoms with E-state index in [4.69, 9.17) is 6.58 Å². The minimum absolute atomic E-state index is 0.0649. The zero-order valence-corrected chi connectivity index (χ0v) is 5.76. The van der Waals surface area contributed by atoms with E-state index in [0.717, 1.165) is 0 Å². The molecule has 9 heavy (non-hydrogen) atoms. The zero-order valence-electron chi connectivity index (χ0n) is 5.76. The quantitative estimate of drug-likeness (QED) is 0.532. The predicted octanol–water partition coefficient (Wildman–Crippen LogP) is 1.17. The smallest absolute Gasteiger partial charge is 0.308 e. The lowest BCUT2D eigenvalue weighted by atomic mass is 10.2. The fourth-order valence-electron chi connectivity index (χ4n) is 0.297. The molecule has 51 valence electrons. The molecule has 0 aliphatic carbocycles. The fourth-order valence-corrected chi connectivity index (χ4v) is 0.297. The van der Waals surface area contributed by atoms with Crippen LogP contribution in [-0.4, -0.2) is 12.6 Å². The Labute approximate surface area is 55.5 Å². The van der Waals surface area contributed by atoms with Crippen molar-refractivity contribution in [2.75, 3.05) is 6.61 Å². The zero-order chi connectivity index (χ0) is 7.28. The first-order valence-corrected chi connectivity index (χ1v) is 2.88. The number of carbonyl (C=O) groups is 1.